The molecular weight excluding hydrogens is 416 g/mol. The Balaban J connectivity index is 1.83. The average molecular weight is 443 g/mol. The summed E-state index contributed by atoms with van der Waals surface area (Å²) in [7, 11) is 0. The fraction of sp³-hybridized carbons (Fsp3) is 0.231. The highest BCUT2D eigenvalue weighted by atomic mass is 32.2. The maximum Gasteiger partial charge on any atom is 0.196 e. The van der Waals surface area contributed by atoms with E-state index >= 15 is 0 Å². The van der Waals surface area contributed by atoms with Crippen LogP contribution in [0.3, 0.4) is 0 Å². The van der Waals surface area contributed by atoms with Gasteiger partial charge < -0.3 is 0 Å². The molecule has 2 aromatic heterocycles. The highest BCUT2D eigenvalue weighted by Gasteiger charge is 2.24. The molecule has 0 saturated carbocycles. The molecule has 0 fully saturated rings. The topological polar surface area (TPSA) is 60.7 Å². The molecule has 2 heterocycles. The molecule has 0 spiro atoms. The molecule has 4 rings (SSSR count). The van der Waals surface area contributed by atoms with Crippen molar-refractivity contribution in [1.82, 2.24) is 19.7 Å². The third kappa shape index (κ3) is 4.36. The van der Waals surface area contributed by atoms with Crippen molar-refractivity contribution in [3.8, 4) is 17.1 Å². The molecule has 2 aromatic carbocycles. The molecule has 4 aromatic rings. The number of thioether (sulfide) groups is 1. The molecule has 6 heteroatoms. The van der Waals surface area contributed by atoms with Crippen molar-refractivity contribution >= 4 is 17.5 Å². The molecule has 0 N–H and O–H groups in total. The minimum absolute atomic E-state index is 0.0765. The van der Waals surface area contributed by atoms with Gasteiger partial charge in [-0.1, -0.05) is 74.1 Å². The van der Waals surface area contributed by atoms with E-state index in [4.69, 9.17) is 0 Å². The summed E-state index contributed by atoms with van der Waals surface area (Å²) < 4.78 is 2.11. The quantitative estimate of drug-likeness (QED) is 0.254. The van der Waals surface area contributed by atoms with Gasteiger partial charge in [-0.25, -0.2) is 0 Å². The van der Waals surface area contributed by atoms with Gasteiger partial charge in [-0.2, -0.15) is 0 Å². The summed E-state index contributed by atoms with van der Waals surface area (Å²) in [5, 5.41) is 9.47. The Labute approximate surface area is 192 Å². The number of hydrogen-bond acceptors (Lipinski definition) is 5. The molecule has 0 radical (unpaired) electrons. The number of benzene rings is 2. The van der Waals surface area contributed by atoms with Crippen molar-refractivity contribution < 1.29 is 4.79 Å². The van der Waals surface area contributed by atoms with E-state index in [0.29, 0.717) is 10.7 Å². The van der Waals surface area contributed by atoms with E-state index in [1.54, 1.807) is 12.4 Å². The normalized spacial score (nSPS) is 12.0. The maximum absolute atomic E-state index is 13.0. The van der Waals surface area contributed by atoms with Crippen molar-refractivity contribution in [2.75, 3.05) is 0 Å². The lowest BCUT2D eigenvalue weighted by molar-refractivity contribution is 0.0994. The van der Waals surface area contributed by atoms with Crippen LogP contribution in [0.15, 0.2) is 78.2 Å². The lowest BCUT2D eigenvalue weighted by Crippen LogP contribution is -2.15. The number of carbonyl (C=O) groups is 1. The molecule has 0 saturated heterocycles. The van der Waals surface area contributed by atoms with Crippen LogP contribution < -0.4 is 0 Å². The molecule has 1 atom stereocenters. The van der Waals surface area contributed by atoms with Gasteiger partial charge in [0.15, 0.2) is 16.8 Å². The Kier molecular flexibility index (Phi) is 6.81. The van der Waals surface area contributed by atoms with E-state index < -0.39 is 0 Å². The molecule has 5 nitrogen and oxygen atoms in total. The summed E-state index contributed by atoms with van der Waals surface area (Å²) in [5.74, 6) is 0.808. The standard InChI is InChI=1S/C26H26N4OS/c1-4-19-13-9-14-20(5-2)23(19)30-25(22-15-10-16-27-17-22)28-29-26(30)32-18(3)24(31)21-11-7-6-8-12-21/h6-18H,4-5H2,1-3H3. The zero-order valence-electron chi connectivity index (χ0n) is 18.5. The minimum atomic E-state index is -0.305. The van der Waals surface area contributed by atoms with Crippen LogP contribution in [-0.4, -0.2) is 30.8 Å². The van der Waals surface area contributed by atoms with Gasteiger partial charge in [-0.15, -0.1) is 10.2 Å². The van der Waals surface area contributed by atoms with Gasteiger partial charge in [0.25, 0.3) is 0 Å². The Morgan fingerprint density at radius 3 is 2.28 bits per heavy atom. The summed E-state index contributed by atoms with van der Waals surface area (Å²) in [6.07, 6.45) is 5.32. The molecular formula is C26H26N4OS. The monoisotopic (exact) mass is 442 g/mol. The van der Waals surface area contributed by atoms with Gasteiger partial charge in [0, 0.05) is 23.5 Å². The first kappa shape index (κ1) is 22.0. The number of nitrogens with zero attached hydrogens (tertiary/aromatic N) is 4. The first-order valence-electron chi connectivity index (χ1n) is 10.9. The van der Waals surface area contributed by atoms with E-state index in [9.17, 15) is 4.79 Å². The highest BCUT2D eigenvalue weighted by Crippen LogP contribution is 2.34. The predicted molar refractivity (Wildman–Crippen MR) is 129 cm³/mol. The number of rotatable bonds is 8. The van der Waals surface area contributed by atoms with E-state index in [2.05, 4.69) is 51.8 Å². The Hall–Kier alpha value is -3.25. The SMILES string of the molecule is CCc1cccc(CC)c1-n1c(SC(C)C(=O)c2ccccc2)nnc1-c1cccnc1. The van der Waals surface area contributed by atoms with Gasteiger partial charge in [0.2, 0.25) is 0 Å². The first-order chi connectivity index (χ1) is 15.6. The molecule has 0 aliphatic rings. The number of Topliss-reactive ketones (excluding diaryl/α,β-unsaturated/α-hetero) is 1. The van der Waals surface area contributed by atoms with Crippen molar-refractivity contribution in [2.24, 2.45) is 0 Å². The van der Waals surface area contributed by atoms with Crippen LogP contribution in [0.25, 0.3) is 17.1 Å². The molecule has 0 amide bonds. The van der Waals surface area contributed by atoms with Crippen LogP contribution in [0.5, 0.6) is 0 Å². The van der Waals surface area contributed by atoms with E-state index in [0.717, 1.165) is 29.9 Å². The third-order valence-corrected chi connectivity index (χ3v) is 6.49. The first-order valence-corrected chi connectivity index (χ1v) is 11.7. The molecule has 32 heavy (non-hydrogen) atoms. The van der Waals surface area contributed by atoms with Gasteiger partial charge >= 0.3 is 0 Å². The van der Waals surface area contributed by atoms with Crippen LogP contribution in [0.4, 0.5) is 0 Å². The zero-order valence-corrected chi connectivity index (χ0v) is 19.3. The summed E-state index contributed by atoms with van der Waals surface area (Å²) in [5.41, 5.74) is 5.13. The molecule has 1 unspecified atom stereocenters. The minimum Gasteiger partial charge on any atom is -0.293 e. The van der Waals surface area contributed by atoms with Crippen LogP contribution >= 0.6 is 11.8 Å². The van der Waals surface area contributed by atoms with Crippen LogP contribution in [0, 0.1) is 0 Å². The summed E-state index contributed by atoms with van der Waals surface area (Å²) in [6.45, 7) is 6.23. The van der Waals surface area contributed by atoms with Crippen molar-refractivity contribution in [1.29, 1.82) is 0 Å². The van der Waals surface area contributed by atoms with Gasteiger partial charge in [-0.3, -0.25) is 14.3 Å². The summed E-state index contributed by atoms with van der Waals surface area (Å²) in [6, 6.07) is 19.7. The maximum atomic E-state index is 13.0. The summed E-state index contributed by atoms with van der Waals surface area (Å²) in [4.78, 5) is 17.3. The lowest BCUT2D eigenvalue weighted by atomic mass is 10.0. The Bertz CT molecular complexity index is 1180. The van der Waals surface area contributed by atoms with E-state index in [-0.39, 0.29) is 11.0 Å². The number of hydrogen-bond donors (Lipinski definition) is 0. The predicted octanol–water partition coefficient (Wildman–Crippen LogP) is 5.82. The largest absolute Gasteiger partial charge is 0.293 e. The third-order valence-electron chi connectivity index (χ3n) is 5.45. The number of para-hydroxylation sites is 1. The van der Waals surface area contributed by atoms with Crippen molar-refractivity contribution in [3.05, 3.63) is 89.7 Å². The van der Waals surface area contributed by atoms with Gasteiger partial charge in [0.1, 0.15) is 0 Å². The van der Waals surface area contributed by atoms with Crippen molar-refractivity contribution in [2.45, 2.75) is 44.0 Å². The molecule has 162 valence electrons. The average Bonchev–Trinajstić information content (AvgIpc) is 3.26. The van der Waals surface area contributed by atoms with Crippen LogP contribution in [0.2, 0.25) is 0 Å². The number of ketones is 1. The molecule has 0 aliphatic heterocycles. The van der Waals surface area contributed by atoms with E-state index in [1.807, 2.05) is 49.4 Å². The molecule has 0 aliphatic carbocycles. The summed E-state index contributed by atoms with van der Waals surface area (Å²) >= 11 is 1.44. The fourth-order valence-electron chi connectivity index (χ4n) is 3.78. The molecule has 0 bridgehead atoms. The smallest absolute Gasteiger partial charge is 0.196 e. The Morgan fingerprint density at radius 1 is 0.938 bits per heavy atom. The van der Waals surface area contributed by atoms with Crippen LogP contribution in [-0.2, 0) is 12.8 Å². The number of aryl methyl sites for hydroxylation is 2. The second kappa shape index (κ2) is 9.92. The second-order valence-electron chi connectivity index (χ2n) is 7.51. The van der Waals surface area contributed by atoms with Gasteiger partial charge in [-0.05, 0) is 43.0 Å². The number of pyridine rings is 1. The second-order valence-corrected chi connectivity index (χ2v) is 8.81. The van der Waals surface area contributed by atoms with Crippen molar-refractivity contribution in [3.63, 3.8) is 0 Å². The zero-order chi connectivity index (χ0) is 22.5. The van der Waals surface area contributed by atoms with E-state index in [1.165, 1.54) is 22.9 Å². The van der Waals surface area contributed by atoms with Crippen LogP contribution in [0.1, 0.15) is 42.3 Å². The lowest BCUT2D eigenvalue weighted by Gasteiger charge is -2.19. The highest BCUT2D eigenvalue weighted by molar-refractivity contribution is 8.00. The number of aromatic nitrogens is 4. The number of carbonyl (C=O) groups excluding carboxylic acids is 1. The Morgan fingerprint density at radius 2 is 1.66 bits per heavy atom. The van der Waals surface area contributed by atoms with Gasteiger partial charge in [0.05, 0.1) is 10.9 Å². The fourth-order valence-corrected chi connectivity index (χ4v) is 4.71.